The first-order valence-corrected chi connectivity index (χ1v) is 7.43. The minimum atomic E-state index is -0.448. The van der Waals surface area contributed by atoms with Crippen molar-refractivity contribution in [3.63, 3.8) is 0 Å². The van der Waals surface area contributed by atoms with E-state index >= 15 is 0 Å². The number of carbonyl (C=O) groups is 1. The van der Waals surface area contributed by atoms with Crippen LogP contribution < -0.4 is 0 Å². The first-order chi connectivity index (χ1) is 8.38. The molecule has 1 amide bonds. The highest BCUT2D eigenvalue weighted by molar-refractivity contribution is 6.19. The summed E-state index contributed by atoms with van der Waals surface area (Å²) in [6, 6.07) is 0.431. The predicted molar refractivity (Wildman–Crippen MR) is 77.0 cm³/mol. The van der Waals surface area contributed by atoms with Crippen LogP contribution in [0, 0.1) is 5.41 Å². The lowest BCUT2D eigenvalue weighted by molar-refractivity contribution is -0.141. The van der Waals surface area contributed by atoms with Gasteiger partial charge in [0.05, 0.1) is 5.41 Å². The molecule has 0 heterocycles. The summed E-state index contributed by atoms with van der Waals surface area (Å²) in [7, 11) is 4.09. The van der Waals surface area contributed by atoms with Gasteiger partial charge in [-0.25, -0.2) is 0 Å². The molecule has 0 aromatic heterocycles. The maximum atomic E-state index is 12.6. The van der Waals surface area contributed by atoms with Crippen LogP contribution >= 0.6 is 11.6 Å². The molecule has 0 aliphatic heterocycles. The molecule has 0 spiro atoms. The highest BCUT2D eigenvalue weighted by Gasteiger charge is 2.35. The van der Waals surface area contributed by atoms with Crippen molar-refractivity contribution in [2.75, 3.05) is 33.1 Å². The highest BCUT2D eigenvalue weighted by atomic mass is 35.5. The molecule has 0 atom stereocenters. The number of nitrogens with zero attached hydrogens (tertiary/aromatic N) is 2. The van der Waals surface area contributed by atoms with Gasteiger partial charge in [0.15, 0.2) is 0 Å². The zero-order valence-electron chi connectivity index (χ0n) is 12.2. The molecule has 0 N–H and O–H groups in total. The third-order valence-corrected chi connectivity index (χ3v) is 4.40. The molecule has 106 valence electrons. The number of amides is 1. The van der Waals surface area contributed by atoms with E-state index in [0.29, 0.717) is 11.9 Å². The molecule has 18 heavy (non-hydrogen) atoms. The van der Waals surface area contributed by atoms with Crippen molar-refractivity contribution in [2.45, 2.75) is 45.6 Å². The monoisotopic (exact) mass is 274 g/mol. The fourth-order valence-electron chi connectivity index (χ4n) is 2.42. The smallest absolute Gasteiger partial charge is 0.229 e. The van der Waals surface area contributed by atoms with Crippen LogP contribution in [0.2, 0.25) is 0 Å². The highest BCUT2D eigenvalue weighted by Crippen LogP contribution is 2.28. The largest absolute Gasteiger partial charge is 0.338 e. The third kappa shape index (κ3) is 4.13. The van der Waals surface area contributed by atoms with Gasteiger partial charge < -0.3 is 9.80 Å². The van der Waals surface area contributed by atoms with E-state index in [2.05, 4.69) is 9.80 Å². The Bertz CT molecular complexity index is 273. The van der Waals surface area contributed by atoms with Gasteiger partial charge in [-0.15, -0.1) is 11.6 Å². The normalized spacial score (nSPS) is 17.4. The molecule has 1 aliphatic carbocycles. The van der Waals surface area contributed by atoms with Crippen LogP contribution in [0.3, 0.4) is 0 Å². The van der Waals surface area contributed by atoms with Crippen molar-refractivity contribution >= 4 is 17.5 Å². The molecule has 4 heteroatoms. The van der Waals surface area contributed by atoms with Crippen LogP contribution in [0.4, 0.5) is 0 Å². The topological polar surface area (TPSA) is 23.6 Å². The molecule has 0 aromatic carbocycles. The van der Waals surface area contributed by atoms with Gasteiger partial charge in [0.1, 0.15) is 0 Å². The van der Waals surface area contributed by atoms with Crippen molar-refractivity contribution in [3.8, 4) is 0 Å². The molecule has 1 fully saturated rings. The number of halogens is 1. The van der Waals surface area contributed by atoms with Crippen molar-refractivity contribution < 1.29 is 4.79 Å². The van der Waals surface area contributed by atoms with Gasteiger partial charge in [-0.05, 0) is 40.8 Å². The summed E-state index contributed by atoms with van der Waals surface area (Å²) >= 11 is 5.94. The number of hydrogen-bond donors (Lipinski definition) is 0. The third-order valence-electron chi connectivity index (χ3n) is 3.73. The van der Waals surface area contributed by atoms with E-state index in [0.717, 1.165) is 25.9 Å². The van der Waals surface area contributed by atoms with Gasteiger partial charge in [-0.2, -0.15) is 0 Å². The predicted octanol–water partition coefficient (Wildman–Crippen LogP) is 2.58. The second kappa shape index (κ2) is 6.76. The van der Waals surface area contributed by atoms with Crippen LogP contribution in [0.1, 0.15) is 39.5 Å². The van der Waals surface area contributed by atoms with Gasteiger partial charge in [0, 0.05) is 25.0 Å². The Balaban J connectivity index is 2.72. The van der Waals surface area contributed by atoms with Gasteiger partial charge in [-0.3, -0.25) is 4.79 Å². The van der Waals surface area contributed by atoms with E-state index in [-0.39, 0.29) is 5.91 Å². The van der Waals surface area contributed by atoms with Gasteiger partial charge >= 0.3 is 0 Å². The first-order valence-electron chi connectivity index (χ1n) is 6.90. The van der Waals surface area contributed by atoms with E-state index in [9.17, 15) is 4.79 Å². The van der Waals surface area contributed by atoms with Crippen molar-refractivity contribution in [1.82, 2.24) is 9.80 Å². The molecule has 1 aliphatic rings. The van der Waals surface area contributed by atoms with Crippen molar-refractivity contribution in [1.29, 1.82) is 0 Å². The number of carbonyl (C=O) groups excluding carboxylic acids is 1. The van der Waals surface area contributed by atoms with Gasteiger partial charge in [0.25, 0.3) is 0 Å². The minimum Gasteiger partial charge on any atom is -0.338 e. The Hall–Kier alpha value is -0.280. The number of alkyl halides is 1. The average Bonchev–Trinajstić information content (AvgIpc) is 2.82. The molecular weight excluding hydrogens is 248 g/mol. The SMILES string of the molecule is CN(C)CCN(C(=O)C(C)(C)CCl)C1CCCC1. The summed E-state index contributed by atoms with van der Waals surface area (Å²) in [4.78, 5) is 16.8. The van der Waals surface area contributed by atoms with E-state index in [4.69, 9.17) is 11.6 Å². The van der Waals surface area contributed by atoms with Crippen LogP contribution in [0.25, 0.3) is 0 Å². The van der Waals surface area contributed by atoms with Crippen LogP contribution in [-0.4, -0.2) is 54.8 Å². The van der Waals surface area contributed by atoms with Gasteiger partial charge in [-0.1, -0.05) is 12.8 Å². The summed E-state index contributed by atoms with van der Waals surface area (Å²) in [6.45, 7) is 5.62. The quantitative estimate of drug-likeness (QED) is 0.695. The second-order valence-electron chi connectivity index (χ2n) is 6.26. The standard InChI is InChI=1S/C14H27ClN2O/c1-14(2,11-15)13(18)17(10-9-16(3)4)12-7-5-6-8-12/h12H,5-11H2,1-4H3. The fourth-order valence-corrected chi connectivity index (χ4v) is 2.53. The summed E-state index contributed by atoms with van der Waals surface area (Å²) < 4.78 is 0. The first kappa shape index (κ1) is 15.8. The van der Waals surface area contributed by atoms with Crippen molar-refractivity contribution in [2.24, 2.45) is 5.41 Å². The maximum absolute atomic E-state index is 12.6. The summed E-state index contributed by atoms with van der Waals surface area (Å²) in [5.41, 5.74) is -0.448. The molecule has 1 saturated carbocycles. The lowest BCUT2D eigenvalue weighted by Gasteiger charge is -2.35. The average molecular weight is 275 g/mol. The van der Waals surface area contributed by atoms with Crippen molar-refractivity contribution in [3.05, 3.63) is 0 Å². The van der Waals surface area contributed by atoms with Gasteiger partial charge in [0.2, 0.25) is 5.91 Å². The number of hydrogen-bond acceptors (Lipinski definition) is 2. The summed E-state index contributed by atoms with van der Waals surface area (Å²) in [5.74, 6) is 0.600. The lowest BCUT2D eigenvalue weighted by Crippen LogP contribution is -2.49. The molecule has 0 unspecified atom stereocenters. The van der Waals surface area contributed by atoms with Crippen LogP contribution in [-0.2, 0) is 4.79 Å². The Kier molecular flexibility index (Phi) is 5.93. The Morgan fingerprint density at radius 1 is 1.22 bits per heavy atom. The molecule has 3 nitrogen and oxygen atoms in total. The Morgan fingerprint density at radius 3 is 2.22 bits per heavy atom. The van der Waals surface area contributed by atoms with Crippen LogP contribution in [0.15, 0.2) is 0 Å². The summed E-state index contributed by atoms with van der Waals surface area (Å²) in [6.07, 6.45) is 4.80. The number of likely N-dealkylation sites (N-methyl/N-ethyl adjacent to an activating group) is 1. The maximum Gasteiger partial charge on any atom is 0.229 e. The van der Waals surface area contributed by atoms with E-state index in [1.165, 1.54) is 12.8 Å². The second-order valence-corrected chi connectivity index (χ2v) is 6.52. The Labute approximate surface area is 116 Å². The molecule has 0 saturated heterocycles. The molecular formula is C14H27ClN2O. The molecule has 0 aromatic rings. The molecule has 0 bridgehead atoms. The zero-order valence-corrected chi connectivity index (χ0v) is 13.0. The summed E-state index contributed by atoms with van der Waals surface area (Å²) in [5, 5.41) is 0. The lowest BCUT2D eigenvalue weighted by atomic mass is 9.93. The fraction of sp³-hybridized carbons (Fsp3) is 0.929. The Morgan fingerprint density at radius 2 is 1.78 bits per heavy atom. The minimum absolute atomic E-state index is 0.214. The van der Waals surface area contributed by atoms with E-state index in [1.807, 2.05) is 27.9 Å². The van der Waals surface area contributed by atoms with Crippen LogP contribution in [0.5, 0.6) is 0 Å². The zero-order chi connectivity index (χ0) is 13.8. The molecule has 1 rings (SSSR count). The number of rotatable bonds is 6. The van der Waals surface area contributed by atoms with E-state index in [1.54, 1.807) is 0 Å². The van der Waals surface area contributed by atoms with E-state index < -0.39 is 5.41 Å². The molecule has 0 radical (unpaired) electrons.